The van der Waals surface area contributed by atoms with E-state index in [2.05, 4.69) is 47.2 Å². The lowest BCUT2D eigenvalue weighted by Gasteiger charge is -2.31. The Morgan fingerprint density at radius 1 is 1.50 bits per heavy atom. The fourth-order valence-electron chi connectivity index (χ4n) is 2.13. The summed E-state index contributed by atoms with van der Waals surface area (Å²) in [7, 11) is 0. The first kappa shape index (κ1) is 11.9. The zero-order valence-electron chi connectivity index (χ0n) is 9.79. The predicted octanol–water partition coefficient (Wildman–Crippen LogP) is 3.66. The summed E-state index contributed by atoms with van der Waals surface area (Å²) in [6.45, 7) is 5.38. The zero-order valence-corrected chi connectivity index (χ0v) is 11.4. The van der Waals surface area contributed by atoms with Crippen LogP contribution < -0.4 is 10.1 Å². The van der Waals surface area contributed by atoms with E-state index in [1.807, 2.05) is 6.07 Å². The minimum Gasteiger partial charge on any atom is -0.490 e. The van der Waals surface area contributed by atoms with Gasteiger partial charge in [-0.2, -0.15) is 0 Å². The third-order valence-corrected chi connectivity index (χ3v) is 3.38. The van der Waals surface area contributed by atoms with Crippen LogP contribution >= 0.6 is 15.9 Å². The molecule has 1 aliphatic rings. The number of nitrogens with one attached hydrogen (secondary N) is 1. The Morgan fingerprint density at radius 2 is 2.31 bits per heavy atom. The second-order valence-electron chi connectivity index (χ2n) is 4.35. The summed E-state index contributed by atoms with van der Waals surface area (Å²) >= 11 is 3.52. The maximum atomic E-state index is 5.84. The van der Waals surface area contributed by atoms with E-state index in [1.54, 1.807) is 0 Å². The molecule has 0 bridgehead atoms. The van der Waals surface area contributed by atoms with Crippen LogP contribution in [0.4, 0.5) is 0 Å². The SMILES string of the molecule is CCCNC1CC(C)Oc2ccc(Br)cc21. The maximum Gasteiger partial charge on any atom is 0.124 e. The standard InChI is InChI=1S/C13H18BrNO/c1-3-6-15-12-7-9(2)16-13-5-4-10(14)8-11(12)13/h4-5,8-9,12,15H,3,6-7H2,1-2H3. The van der Waals surface area contributed by atoms with E-state index < -0.39 is 0 Å². The molecule has 3 heteroatoms. The summed E-state index contributed by atoms with van der Waals surface area (Å²) in [4.78, 5) is 0. The summed E-state index contributed by atoms with van der Waals surface area (Å²) in [5.74, 6) is 1.02. The normalized spacial score (nSPS) is 23.7. The summed E-state index contributed by atoms with van der Waals surface area (Å²) in [5.41, 5.74) is 1.28. The van der Waals surface area contributed by atoms with Gasteiger partial charge in [-0.15, -0.1) is 0 Å². The van der Waals surface area contributed by atoms with E-state index in [-0.39, 0.29) is 0 Å². The lowest BCUT2D eigenvalue weighted by Crippen LogP contribution is -2.31. The highest BCUT2D eigenvalue weighted by Gasteiger charge is 2.25. The average molecular weight is 284 g/mol. The molecule has 0 saturated heterocycles. The first-order valence-corrected chi connectivity index (χ1v) is 6.69. The minimum absolute atomic E-state index is 0.294. The molecule has 1 aliphatic heterocycles. The van der Waals surface area contributed by atoms with E-state index in [9.17, 15) is 0 Å². The van der Waals surface area contributed by atoms with Gasteiger partial charge < -0.3 is 10.1 Å². The molecule has 1 aromatic carbocycles. The molecule has 2 atom stereocenters. The maximum absolute atomic E-state index is 5.84. The van der Waals surface area contributed by atoms with Crippen LogP contribution in [-0.2, 0) is 0 Å². The van der Waals surface area contributed by atoms with Crippen molar-refractivity contribution in [3.8, 4) is 5.75 Å². The summed E-state index contributed by atoms with van der Waals surface area (Å²) in [5, 5.41) is 3.58. The van der Waals surface area contributed by atoms with Crippen LogP contribution in [0.1, 0.15) is 38.3 Å². The van der Waals surface area contributed by atoms with Gasteiger partial charge in [0.2, 0.25) is 0 Å². The Morgan fingerprint density at radius 3 is 3.06 bits per heavy atom. The van der Waals surface area contributed by atoms with Crippen molar-refractivity contribution in [1.82, 2.24) is 5.32 Å². The lowest BCUT2D eigenvalue weighted by atomic mass is 9.97. The second kappa shape index (κ2) is 5.19. The molecule has 1 N–H and O–H groups in total. The number of hydrogen-bond donors (Lipinski definition) is 1. The average Bonchev–Trinajstić information content (AvgIpc) is 2.26. The van der Waals surface area contributed by atoms with Gasteiger partial charge in [0.25, 0.3) is 0 Å². The molecule has 0 spiro atoms. The number of ether oxygens (including phenoxy) is 1. The van der Waals surface area contributed by atoms with Crippen molar-refractivity contribution >= 4 is 15.9 Å². The Balaban J connectivity index is 2.24. The smallest absolute Gasteiger partial charge is 0.124 e. The number of halogens is 1. The Labute approximate surface area is 106 Å². The molecular formula is C13H18BrNO. The van der Waals surface area contributed by atoms with Crippen LogP contribution in [0.3, 0.4) is 0 Å². The van der Waals surface area contributed by atoms with Gasteiger partial charge in [0.15, 0.2) is 0 Å². The molecule has 2 rings (SSSR count). The second-order valence-corrected chi connectivity index (χ2v) is 5.27. The lowest BCUT2D eigenvalue weighted by molar-refractivity contribution is 0.166. The van der Waals surface area contributed by atoms with Gasteiger partial charge in [0, 0.05) is 22.5 Å². The molecule has 0 saturated carbocycles. The molecule has 0 aliphatic carbocycles. The van der Waals surface area contributed by atoms with Gasteiger partial charge in [-0.3, -0.25) is 0 Å². The number of benzene rings is 1. The summed E-state index contributed by atoms with van der Waals surface area (Å²) < 4.78 is 6.95. The molecule has 1 aromatic rings. The first-order valence-electron chi connectivity index (χ1n) is 5.90. The van der Waals surface area contributed by atoms with Crippen LogP contribution in [0, 0.1) is 0 Å². The van der Waals surface area contributed by atoms with Crippen molar-refractivity contribution in [3.63, 3.8) is 0 Å². The van der Waals surface area contributed by atoms with Crippen molar-refractivity contribution in [2.45, 2.75) is 38.8 Å². The highest BCUT2D eigenvalue weighted by Crippen LogP contribution is 2.36. The quantitative estimate of drug-likeness (QED) is 0.914. The van der Waals surface area contributed by atoms with E-state index in [1.165, 1.54) is 5.56 Å². The molecule has 0 fully saturated rings. The number of rotatable bonds is 3. The highest BCUT2D eigenvalue weighted by atomic mass is 79.9. The third kappa shape index (κ3) is 2.58. The molecule has 0 amide bonds. The first-order chi connectivity index (χ1) is 7.70. The van der Waals surface area contributed by atoms with Crippen LogP contribution in [0.5, 0.6) is 5.75 Å². The molecule has 2 nitrogen and oxygen atoms in total. The number of fused-ring (bicyclic) bond motifs is 1. The molecule has 0 aromatic heterocycles. The van der Waals surface area contributed by atoms with Crippen molar-refractivity contribution in [2.75, 3.05) is 6.54 Å². The van der Waals surface area contributed by atoms with Crippen molar-refractivity contribution in [2.24, 2.45) is 0 Å². The molecule has 88 valence electrons. The van der Waals surface area contributed by atoms with Gasteiger partial charge >= 0.3 is 0 Å². The molecule has 16 heavy (non-hydrogen) atoms. The Kier molecular flexibility index (Phi) is 3.87. The molecular weight excluding hydrogens is 266 g/mol. The summed E-state index contributed by atoms with van der Waals surface area (Å²) in [6.07, 6.45) is 2.50. The minimum atomic E-state index is 0.294. The van der Waals surface area contributed by atoms with Gasteiger partial charge in [-0.1, -0.05) is 22.9 Å². The highest BCUT2D eigenvalue weighted by molar-refractivity contribution is 9.10. The largest absolute Gasteiger partial charge is 0.490 e. The van der Waals surface area contributed by atoms with Crippen molar-refractivity contribution in [1.29, 1.82) is 0 Å². The van der Waals surface area contributed by atoms with E-state index >= 15 is 0 Å². The Bertz CT molecular complexity index is 367. The van der Waals surface area contributed by atoms with E-state index in [4.69, 9.17) is 4.74 Å². The number of hydrogen-bond acceptors (Lipinski definition) is 2. The fourth-order valence-corrected chi connectivity index (χ4v) is 2.51. The van der Waals surface area contributed by atoms with Gasteiger partial charge in [0.1, 0.15) is 5.75 Å². The van der Waals surface area contributed by atoms with E-state index in [0.717, 1.165) is 29.6 Å². The van der Waals surface area contributed by atoms with Crippen molar-refractivity contribution in [3.05, 3.63) is 28.2 Å². The monoisotopic (exact) mass is 283 g/mol. The molecule has 1 heterocycles. The van der Waals surface area contributed by atoms with Crippen LogP contribution in [0.2, 0.25) is 0 Å². The van der Waals surface area contributed by atoms with Gasteiger partial charge in [-0.25, -0.2) is 0 Å². The summed E-state index contributed by atoms with van der Waals surface area (Å²) in [6, 6.07) is 6.68. The van der Waals surface area contributed by atoms with Crippen LogP contribution in [0.25, 0.3) is 0 Å². The fraction of sp³-hybridized carbons (Fsp3) is 0.538. The van der Waals surface area contributed by atoms with Gasteiger partial charge in [-0.05, 0) is 38.1 Å². The topological polar surface area (TPSA) is 21.3 Å². The van der Waals surface area contributed by atoms with Crippen LogP contribution in [-0.4, -0.2) is 12.6 Å². The third-order valence-electron chi connectivity index (χ3n) is 2.88. The Hall–Kier alpha value is -0.540. The molecule has 2 unspecified atom stereocenters. The van der Waals surface area contributed by atoms with E-state index in [0.29, 0.717) is 12.1 Å². The zero-order chi connectivity index (χ0) is 11.5. The van der Waals surface area contributed by atoms with Crippen molar-refractivity contribution < 1.29 is 4.74 Å². The molecule has 0 radical (unpaired) electrons. The predicted molar refractivity (Wildman–Crippen MR) is 69.9 cm³/mol. The van der Waals surface area contributed by atoms with Crippen LogP contribution in [0.15, 0.2) is 22.7 Å². The van der Waals surface area contributed by atoms with Gasteiger partial charge in [0.05, 0.1) is 6.10 Å².